The molecule has 1 heterocycles. The van der Waals surface area contributed by atoms with Gasteiger partial charge in [0.15, 0.2) is 0 Å². The van der Waals surface area contributed by atoms with Gasteiger partial charge in [-0.2, -0.15) is 26.3 Å². The summed E-state index contributed by atoms with van der Waals surface area (Å²) in [5.41, 5.74) is -3.18. The fourth-order valence-corrected chi connectivity index (χ4v) is 4.49. The molecule has 1 saturated heterocycles. The molecule has 0 radical (unpaired) electrons. The average Bonchev–Trinajstić information content (AvgIpc) is 2.85. The number of halogens is 6. The molecule has 0 aliphatic carbocycles. The Labute approximate surface area is 204 Å². The number of piperidine rings is 1. The van der Waals surface area contributed by atoms with E-state index in [9.17, 15) is 31.1 Å². The maximum Gasteiger partial charge on any atom is 0.416 e. The monoisotopic (exact) mass is 519 g/mol. The Morgan fingerprint density at radius 3 is 2.06 bits per heavy atom. The van der Waals surface area contributed by atoms with E-state index >= 15 is 0 Å². The van der Waals surface area contributed by atoms with E-state index in [0.29, 0.717) is 25.9 Å². The molecule has 0 spiro atoms. The first kappa shape index (κ1) is 27.9. The molecule has 0 saturated carbocycles. The minimum atomic E-state index is -4.99. The Kier molecular flexibility index (Phi) is 9.02. The van der Waals surface area contributed by atoms with Crippen molar-refractivity contribution in [3.63, 3.8) is 0 Å². The molecule has 1 aliphatic heterocycles. The Balaban J connectivity index is 2.08. The van der Waals surface area contributed by atoms with Crippen molar-refractivity contribution < 1.29 is 45.3 Å². The van der Waals surface area contributed by atoms with Crippen LogP contribution in [0.15, 0.2) is 48.5 Å². The number of nitrogens with one attached hydrogen (secondary N) is 1. The van der Waals surface area contributed by atoms with Gasteiger partial charge in [-0.3, -0.25) is 0 Å². The van der Waals surface area contributed by atoms with Gasteiger partial charge in [-0.25, -0.2) is 4.79 Å². The van der Waals surface area contributed by atoms with Crippen molar-refractivity contribution in [3.8, 4) is 0 Å². The molecular weight excluding hydrogens is 492 g/mol. The number of carbonyl (C=O) groups excluding carboxylic acids is 1. The van der Waals surface area contributed by atoms with Crippen LogP contribution >= 0.6 is 0 Å². The summed E-state index contributed by atoms with van der Waals surface area (Å²) in [6.45, 7) is 0.360. The summed E-state index contributed by atoms with van der Waals surface area (Å²) in [7, 11) is 1.19. The van der Waals surface area contributed by atoms with Crippen molar-refractivity contribution in [1.82, 2.24) is 5.32 Å². The summed E-state index contributed by atoms with van der Waals surface area (Å²) in [4.78, 5) is 11.3. The molecule has 1 unspecified atom stereocenters. The lowest BCUT2D eigenvalue weighted by Gasteiger charge is -2.44. The number of methoxy groups -OCH3 is 1. The van der Waals surface area contributed by atoms with Gasteiger partial charge in [0.25, 0.3) is 0 Å². The number of hydrogen-bond donors (Lipinski definition) is 1. The standard InChI is InChI=1S/C25H27F6NO4/c1-34-21(33)16-35-11-12-36-22(23(7-9-32-10-8-23)18-5-3-2-4-6-18)17-13-19(24(26,27)28)15-20(14-17)25(29,30)31/h2-6,13-15,22,32H,7-12,16H2,1H3. The van der Waals surface area contributed by atoms with E-state index in [0.717, 1.165) is 17.7 Å². The predicted molar refractivity (Wildman–Crippen MR) is 118 cm³/mol. The molecule has 1 aliphatic rings. The van der Waals surface area contributed by atoms with Gasteiger partial charge in [0, 0.05) is 5.41 Å². The third kappa shape index (κ3) is 6.77. The van der Waals surface area contributed by atoms with Crippen molar-refractivity contribution >= 4 is 5.97 Å². The summed E-state index contributed by atoms with van der Waals surface area (Å²) < 4.78 is 97.5. The van der Waals surface area contributed by atoms with Crippen LogP contribution in [0.5, 0.6) is 0 Å². The molecule has 0 aromatic heterocycles. The van der Waals surface area contributed by atoms with Crippen LogP contribution in [-0.4, -0.2) is 46.0 Å². The summed E-state index contributed by atoms with van der Waals surface area (Å²) in [6, 6.07) is 10.5. The maximum absolute atomic E-state index is 13.6. The maximum atomic E-state index is 13.6. The van der Waals surface area contributed by atoms with Crippen LogP contribution in [0.25, 0.3) is 0 Å². The highest BCUT2D eigenvalue weighted by Crippen LogP contribution is 2.48. The zero-order chi connectivity index (χ0) is 26.4. The van der Waals surface area contributed by atoms with Gasteiger partial charge < -0.3 is 19.5 Å². The Bertz CT molecular complexity index is 972. The number of hydrogen-bond acceptors (Lipinski definition) is 5. The lowest BCUT2D eigenvalue weighted by atomic mass is 9.67. The predicted octanol–water partition coefficient (Wildman–Crippen LogP) is 5.29. The lowest BCUT2D eigenvalue weighted by Crippen LogP contribution is -2.45. The topological polar surface area (TPSA) is 56.8 Å². The molecule has 198 valence electrons. The fraction of sp³-hybridized carbons (Fsp3) is 0.480. The van der Waals surface area contributed by atoms with Gasteiger partial charge in [0.2, 0.25) is 0 Å². The van der Waals surface area contributed by atoms with Gasteiger partial charge >= 0.3 is 18.3 Å². The van der Waals surface area contributed by atoms with Crippen LogP contribution in [0.2, 0.25) is 0 Å². The summed E-state index contributed by atoms with van der Waals surface area (Å²) >= 11 is 0. The molecule has 5 nitrogen and oxygen atoms in total. The van der Waals surface area contributed by atoms with E-state index in [-0.39, 0.29) is 31.5 Å². The normalized spacial score (nSPS) is 17.0. The first-order valence-corrected chi connectivity index (χ1v) is 11.3. The van der Waals surface area contributed by atoms with Crippen molar-refractivity contribution in [3.05, 3.63) is 70.8 Å². The fourth-order valence-electron chi connectivity index (χ4n) is 4.49. The molecule has 11 heteroatoms. The van der Waals surface area contributed by atoms with Gasteiger partial charge in [-0.1, -0.05) is 30.3 Å². The van der Waals surface area contributed by atoms with Crippen LogP contribution in [0.1, 0.15) is 41.2 Å². The van der Waals surface area contributed by atoms with E-state index < -0.39 is 41.0 Å². The van der Waals surface area contributed by atoms with Crippen LogP contribution in [-0.2, 0) is 36.8 Å². The number of esters is 1. The molecular formula is C25H27F6NO4. The van der Waals surface area contributed by atoms with Crippen molar-refractivity contribution in [2.45, 2.75) is 36.7 Å². The van der Waals surface area contributed by atoms with E-state index in [1.165, 1.54) is 7.11 Å². The number of ether oxygens (including phenoxy) is 3. The van der Waals surface area contributed by atoms with Gasteiger partial charge in [-0.05, 0) is 55.3 Å². The van der Waals surface area contributed by atoms with Crippen LogP contribution in [0.4, 0.5) is 26.3 Å². The minimum absolute atomic E-state index is 0.109. The molecule has 0 bridgehead atoms. The highest BCUT2D eigenvalue weighted by molar-refractivity contribution is 5.70. The number of benzene rings is 2. The average molecular weight is 519 g/mol. The minimum Gasteiger partial charge on any atom is -0.467 e. The van der Waals surface area contributed by atoms with Crippen molar-refractivity contribution in [1.29, 1.82) is 0 Å². The third-order valence-electron chi connectivity index (χ3n) is 6.22. The van der Waals surface area contributed by atoms with Gasteiger partial charge in [0.05, 0.1) is 37.6 Å². The lowest BCUT2D eigenvalue weighted by molar-refractivity contribution is -0.147. The van der Waals surface area contributed by atoms with E-state index in [1.807, 2.05) is 0 Å². The molecule has 0 amide bonds. The summed E-state index contributed by atoms with van der Waals surface area (Å²) in [6.07, 6.45) is -10.3. The number of rotatable bonds is 9. The SMILES string of the molecule is COC(=O)COCCOC(c1cc(C(F)(F)F)cc(C(F)(F)F)c1)C1(c2ccccc2)CCNCC1. The molecule has 1 N–H and O–H groups in total. The van der Waals surface area contributed by atoms with Crippen LogP contribution in [0.3, 0.4) is 0 Å². The number of alkyl halides is 6. The van der Waals surface area contributed by atoms with Crippen LogP contribution in [0, 0.1) is 0 Å². The van der Waals surface area contributed by atoms with E-state index in [4.69, 9.17) is 9.47 Å². The summed E-state index contributed by atoms with van der Waals surface area (Å²) in [5.74, 6) is -0.627. The second kappa shape index (κ2) is 11.6. The molecule has 3 rings (SSSR count). The number of carbonyl (C=O) groups is 1. The zero-order valence-electron chi connectivity index (χ0n) is 19.5. The zero-order valence-corrected chi connectivity index (χ0v) is 19.5. The second-order valence-electron chi connectivity index (χ2n) is 8.49. The molecule has 36 heavy (non-hydrogen) atoms. The first-order chi connectivity index (χ1) is 17.0. The molecule has 2 aromatic carbocycles. The molecule has 1 fully saturated rings. The molecule has 2 aromatic rings. The largest absolute Gasteiger partial charge is 0.467 e. The van der Waals surface area contributed by atoms with Crippen molar-refractivity contribution in [2.75, 3.05) is 40.0 Å². The summed E-state index contributed by atoms with van der Waals surface area (Å²) in [5, 5.41) is 3.19. The quantitative estimate of drug-likeness (QED) is 0.277. The first-order valence-electron chi connectivity index (χ1n) is 11.3. The third-order valence-corrected chi connectivity index (χ3v) is 6.22. The Morgan fingerprint density at radius 2 is 1.53 bits per heavy atom. The second-order valence-corrected chi connectivity index (χ2v) is 8.49. The smallest absolute Gasteiger partial charge is 0.416 e. The van der Waals surface area contributed by atoms with Crippen molar-refractivity contribution in [2.24, 2.45) is 0 Å². The Hall–Kier alpha value is -2.63. The van der Waals surface area contributed by atoms with Crippen LogP contribution < -0.4 is 5.32 Å². The highest BCUT2D eigenvalue weighted by Gasteiger charge is 2.45. The highest BCUT2D eigenvalue weighted by atomic mass is 19.4. The van der Waals surface area contributed by atoms with Gasteiger partial charge in [-0.15, -0.1) is 0 Å². The van der Waals surface area contributed by atoms with Gasteiger partial charge in [0.1, 0.15) is 6.61 Å². The van der Waals surface area contributed by atoms with E-state index in [2.05, 4.69) is 10.1 Å². The van der Waals surface area contributed by atoms with E-state index in [1.54, 1.807) is 30.3 Å². The molecule has 1 atom stereocenters. The Morgan fingerprint density at radius 1 is 0.944 bits per heavy atom.